The number of nitrogens with zero attached hydrogens (tertiary/aromatic N) is 3. The molecule has 140 valence electrons. The average Bonchev–Trinajstić information content (AvgIpc) is 3.00. The van der Waals surface area contributed by atoms with Gasteiger partial charge in [0, 0.05) is 42.9 Å². The Hall–Kier alpha value is -2.14. The zero-order valence-electron chi connectivity index (χ0n) is 16.1. The van der Waals surface area contributed by atoms with Gasteiger partial charge < -0.3 is 4.74 Å². The summed E-state index contributed by atoms with van der Waals surface area (Å²) in [4.78, 5) is 15.3. The minimum absolute atomic E-state index is 0.0573. The Kier molecular flexibility index (Phi) is 6.09. The van der Waals surface area contributed by atoms with Crippen LogP contribution in [0.2, 0.25) is 0 Å². The predicted molar refractivity (Wildman–Crippen MR) is 103 cm³/mol. The largest absolute Gasteiger partial charge is 0.497 e. The molecule has 1 fully saturated rings. The van der Waals surface area contributed by atoms with Crippen molar-refractivity contribution >= 4 is 5.78 Å². The highest BCUT2D eigenvalue weighted by Crippen LogP contribution is 2.24. The van der Waals surface area contributed by atoms with Crippen molar-refractivity contribution in [2.24, 2.45) is 5.92 Å². The first-order chi connectivity index (χ1) is 12.6. The molecule has 0 radical (unpaired) electrons. The van der Waals surface area contributed by atoms with Crippen LogP contribution in [0.1, 0.15) is 47.8 Å². The number of carbonyl (C=O) groups is 1. The van der Waals surface area contributed by atoms with E-state index in [1.54, 1.807) is 7.11 Å². The summed E-state index contributed by atoms with van der Waals surface area (Å²) < 4.78 is 7.29. The molecule has 0 saturated carbocycles. The van der Waals surface area contributed by atoms with Crippen LogP contribution >= 0.6 is 0 Å². The van der Waals surface area contributed by atoms with Crippen LogP contribution in [-0.2, 0) is 13.1 Å². The van der Waals surface area contributed by atoms with E-state index in [4.69, 9.17) is 4.74 Å². The van der Waals surface area contributed by atoms with E-state index in [1.807, 2.05) is 28.9 Å². The predicted octanol–water partition coefficient (Wildman–Crippen LogP) is 3.71. The molecular weight excluding hydrogens is 326 g/mol. The molecule has 0 aliphatic carbocycles. The molecule has 2 heterocycles. The second-order valence-electron chi connectivity index (χ2n) is 7.17. The van der Waals surface area contributed by atoms with Crippen LogP contribution in [0.4, 0.5) is 0 Å². The van der Waals surface area contributed by atoms with Crippen molar-refractivity contribution < 1.29 is 9.53 Å². The molecule has 1 aromatic carbocycles. The Morgan fingerprint density at radius 1 is 1.38 bits per heavy atom. The third kappa shape index (κ3) is 4.33. The number of piperidine rings is 1. The lowest BCUT2D eigenvalue weighted by molar-refractivity contribution is 0.0811. The number of likely N-dealkylation sites (tertiary alicyclic amines) is 1. The molecule has 0 amide bonds. The van der Waals surface area contributed by atoms with Crippen molar-refractivity contribution in [2.75, 3.05) is 20.2 Å². The van der Waals surface area contributed by atoms with Crippen molar-refractivity contribution in [3.8, 4) is 5.75 Å². The second-order valence-corrected chi connectivity index (χ2v) is 7.17. The Balaban J connectivity index is 1.66. The van der Waals surface area contributed by atoms with Crippen molar-refractivity contribution in [1.82, 2.24) is 14.7 Å². The first-order valence-electron chi connectivity index (χ1n) is 9.54. The number of ether oxygens (including phenoxy) is 1. The molecule has 3 rings (SSSR count). The number of Topliss-reactive ketones (excluding diaryl/α,β-unsaturated/α-hetero) is 1. The molecule has 1 aromatic heterocycles. The number of hydrogen-bond acceptors (Lipinski definition) is 4. The number of methoxy groups -OCH3 is 1. The number of hydrogen-bond donors (Lipinski definition) is 0. The van der Waals surface area contributed by atoms with Crippen molar-refractivity contribution in [2.45, 2.75) is 46.2 Å². The minimum Gasteiger partial charge on any atom is -0.497 e. The van der Waals surface area contributed by atoms with Gasteiger partial charge >= 0.3 is 0 Å². The summed E-state index contributed by atoms with van der Waals surface area (Å²) in [5.74, 6) is 1.02. The molecule has 0 unspecified atom stereocenters. The van der Waals surface area contributed by atoms with Gasteiger partial charge in [0.2, 0.25) is 0 Å². The maximum absolute atomic E-state index is 12.9. The smallest absolute Gasteiger partial charge is 0.167 e. The third-order valence-corrected chi connectivity index (χ3v) is 5.13. The number of ketones is 1. The lowest BCUT2D eigenvalue weighted by Gasteiger charge is -2.31. The molecule has 1 aliphatic heterocycles. The van der Waals surface area contributed by atoms with Crippen LogP contribution in [0.25, 0.3) is 0 Å². The van der Waals surface area contributed by atoms with Gasteiger partial charge in [-0.15, -0.1) is 0 Å². The third-order valence-electron chi connectivity index (χ3n) is 5.13. The van der Waals surface area contributed by atoms with Gasteiger partial charge in [0.15, 0.2) is 5.78 Å². The summed E-state index contributed by atoms with van der Waals surface area (Å²) in [6.07, 6.45) is 5.26. The van der Waals surface area contributed by atoms with E-state index in [9.17, 15) is 4.79 Å². The van der Waals surface area contributed by atoms with Crippen molar-refractivity contribution in [3.63, 3.8) is 0 Å². The fourth-order valence-corrected chi connectivity index (χ4v) is 3.72. The van der Waals surface area contributed by atoms with E-state index in [-0.39, 0.29) is 11.7 Å². The van der Waals surface area contributed by atoms with Crippen LogP contribution < -0.4 is 4.74 Å². The van der Waals surface area contributed by atoms with E-state index >= 15 is 0 Å². The van der Waals surface area contributed by atoms with E-state index in [0.29, 0.717) is 0 Å². The maximum Gasteiger partial charge on any atom is 0.167 e. The highest BCUT2D eigenvalue weighted by Gasteiger charge is 2.27. The topological polar surface area (TPSA) is 47.4 Å². The van der Waals surface area contributed by atoms with E-state index in [2.05, 4.69) is 30.0 Å². The minimum atomic E-state index is 0.0573. The van der Waals surface area contributed by atoms with E-state index < -0.39 is 0 Å². The molecule has 26 heavy (non-hydrogen) atoms. The van der Waals surface area contributed by atoms with Gasteiger partial charge in [0.25, 0.3) is 0 Å². The van der Waals surface area contributed by atoms with Crippen LogP contribution in [0.5, 0.6) is 5.75 Å². The molecule has 1 aliphatic rings. The Morgan fingerprint density at radius 2 is 2.23 bits per heavy atom. The SMILES string of the molecule is CCCn1cc(CN2CCC[C@@H](C(=O)c3cccc(OC)c3)C2)c(C)n1. The van der Waals surface area contributed by atoms with E-state index in [1.165, 1.54) is 5.56 Å². The molecule has 0 spiro atoms. The summed E-state index contributed by atoms with van der Waals surface area (Å²) in [5, 5.41) is 4.60. The summed E-state index contributed by atoms with van der Waals surface area (Å²) in [6.45, 7) is 7.92. The zero-order valence-corrected chi connectivity index (χ0v) is 16.1. The normalized spacial score (nSPS) is 18.0. The summed E-state index contributed by atoms with van der Waals surface area (Å²) in [5.41, 5.74) is 3.12. The van der Waals surface area contributed by atoms with Gasteiger partial charge in [-0.3, -0.25) is 14.4 Å². The van der Waals surface area contributed by atoms with E-state index in [0.717, 1.165) is 62.4 Å². The van der Waals surface area contributed by atoms with Crippen LogP contribution in [0.15, 0.2) is 30.5 Å². The molecule has 5 nitrogen and oxygen atoms in total. The molecular formula is C21H29N3O2. The lowest BCUT2D eigenvalue weighted by atomic mass is 9.89. The molecule has 5 heteroatoms. The fourth-order valence-electron chi connectivity index (χ4n) is 3.72. The van der Waals surface area contributed by atoms with Gasteiger partial charge in [-0.05, 0) is 44.9 Å². The number of aryl methyl sites for hydroxylation is 2. The van der Waals surface area contributed by atoms with Crippen LogP contribution in [-0.4, -0.2) is 40.7 Å². The highest BCUT2D eigenvalue weighted by atomic mass is 16.5. The summed E-state index contributed by atoms with van der Waals surface area (Å²) >= 11 is 0. The van der Waals surface area contributed by atoms with Gasteiger partial charge in [-0.2, -0.15) is 5.10 Å². The zero-order chi connectivity index (χ0) is 18.5. The van der Waals surface area contributed by atoms with Gasteiger partial charge in [-0.25, -0.2) is 0 Å². The highest BCUT2D eigenvalue weighted by molar-refractivity contribution is 5.98. The van der Waals surface area contributed by atoms with Crippen molar-refractivity contribution in [3.05, 3.63) is 47.3 Å². The standard InChI is InChI=1S/C21H29N3O2/c1-4-10-24-15-19(16(2)22-24)14-23-11-6-8-18(13-23)21(25)17-7-5-9-20(12-17)26-3/h5,7,9,12,15,18H,4,6,8,10-11,13-14H2,1-3H3/t18-/m1/s1. The molecule has 0 N–H and O–H groups in total. The average molecular weight is 355 g/mol. The number of benzene rings is 1. The second kappa shape index (κ2) is 8.49. The Bertz CT molecular complexity index is 753. The number of rotatable bonds is 7. The summed E-state index contributed by atoms with van der Waals surface area (Å²) in [6, 6.07) is 7.50. The monoisotopic (exact) mass is 355 g/mol. The van der Waals surface area contributed by atoms with Crippen molar-refractivity contribution in [1.29, 1.82) is 0 Å². The molecule has 2 aromatic rings. The van der Waals surface area contributed by atoms with Gasteiger partial charge in [-0.1, -0.05) is 19.1 Å². The number of aromatic nitrogens is 2. The lowest BCUT2D eigenvalue weighted by Crippen LogP contribution is -2.38. The Labute approximate surface area is 156 Å². The number of carbonyl (C=O) groups excluding carboxylic acids is 1. The van der Waals surface area contributed by atoms with Gasteiger partial charge in [0.05, 0.1) is 12.8 Å². The molecule has 1 atom stereocenters. The summed E-state index contributed by atoms with van der Waals surface area (Å²) in [7, 11) is 1.63. The first kappa shape index (κ1) is 18.6. The van der Waals surface area contributed by atoms with Crippen LogP contribution in [0.3, 0.4) is 0 Å². The van der Waals surface area contributed by atoms with Crippen LogP contribution in [0, 0.1) is 12.8 Å². The fraction of sp³-hybridized carbons (Fsp3) is 0.524. The first-order valence-corrected chi connectivity index (χ1v) is 9.54. The maximum atomic E-state index is 12.9. The van der Waals surface area contributed by atoms with Gasteiger partial charge in [0.1, 0.15) is 5.75 Å². The molecule has 1 saturated heterocycles. The Morgan fingerprint density at radius 3 is 3.00 bits per heavy atom. The molecule has 0 bridgehead atoms. The quantitative estimate of drug-likeness (QED) is 0.711.